The van der Waals surface area contributed by atoms with Crippen LogP contribution in [-0.4, -0.2) is 71.9 Å². The van der Waals surface area contributed by atoms with E-state index >= 15 is 0 Å². The summed E-state index contributed by atoms with van der Waals surface area (Å²) in [6.45, 7) is 3.97. The van der Waals surface area contributed by atoms with Crippen molar-refractivity contribution in [3.05, 3.63) is 35.4 Å². The Kier molecular flexibility index (Phi) is 6.78. The Balaban J connectivity index is 1.56. The number of carbonyl (C=O) groups excluding carboxylic acids is 1. The van der Waals surface area contributed by atoms with Crippen LogP contribution in [-0.2, 0) is 11.2 Å². The number of likely N-dealkylation sites (tertiary alicyclic amines) is 2. The molecule has 27 heavy (non-hydrogen) atoms. The van der Waals surface area contributed by atoms with Gasteiger partial charge in [0.05, 0.1) is 6.42 Å². The highest BCUT2D eigenvalue weighted by Gasteiger charge is 2.36. The predicted molar refractivity (Wildman–Crippen MR) is 97.0 cm³/mol. The summed E-state index contributed by atoms with van der Waals surface area (Å²) in [7, 11) is 0. The van der Waals surface area contributed by atoms with Crippen LogP contribution < -0.4 is 0 Å². The van der Waals surface area contributed by atoms with Crippen molar-refractivity contribution in [3.8, 4) is 0 Å². The van der Waals surface area contributed by atoms with Gasteiger partial charge in [-0.1, -0.05) is 0 Å². The predicted octanol–water partition coefficient (Wildman–Crippen LogP) is 1.28. The average Bonchev–Trinajstić information content (AvgIpc) is 3.04. The molecule has 0 radical (unpaired) electrons. The van der Waals surface area contributed by atoms with E-state index in [1.165, 1.54) is 12.1 Å². The van der Waals surface area contributed by atoms with Crippen LogP contribution in [0, 0.1) is 29.4 Å². The van der Waals surface area contributed by atoms with Gasteiger partial charge in [0.2, 0.25) is 5.91 Å². The van der Waals surface area contributed by atoms with Crippen LogP contribution in [0.5, 0.6) is 0 Å². The number of aliphatic hydroxyl groups is 2. The van der Waals surface area contributed by atoms with Crippen molar-refractivity contribution in [1.82, 2.24) is 9.80 Å². The van der Waals surface area contributed by atoms with Gasteiger partial charge in [0, 0.05) is 44.8 Å². The second-order valence-electron chi connectivity index (χ2n) is 7.88. The molecule has 0 spiro atoms. The molecule has 2 atom stereocenters. The van der Waals surface area contributed by atoms with E-state index in [0.29, 0.717) is 24.6 Å². The Morgan fingerprint density at radius 2 is 1.63 bits per heavy atom. The van der Waals surface area contributed by atoms with Gasteiger partial charge >= 0.3 is 0 Å². The fourth-order valence-corrected chi connectivity index (χ4v) is 4.24. The van der Waals surface area contributed by atoms with Crippen molar-refractivity contribution < 1.29 is 23.8 Å². The third-order valence-electron chi connectivity index (χ3n) is 5.90. The monoisotopic (exact) mass is 382 g/mol. The molecule has 1 aromatic carbocycles. The number of hydrogen-bond donors (Lipinski definition) is 2. The molecule has 2 N–H and O–H groups in total. The lowest BCUT2D eigenvalue weighted by molar-refractivity contribution is -0.129. The maximum atomic E-state index is 13.3. The molecule has 1 amide bonds. The first-order valence-corrected chi connectivity index (χ1v) is 9.65. The Morgan fingerprint density at radius 3 is 2.22 bits per heavy atom. The molecule has 2 aliphatic heterocycles. The number of carbonyl (C=O) groups is 1. The van der Waals surface area contributed by atoms with Crippen molar-refractivity contribution in [1.29, 1.82) is 0 Å². The fraction of sp³-hybridized carbons (Fsp3) is 0.650. The molecule has 7 heteroatoms. The first-order valence-electron chi connectivity index (χ1n) is 9.65. The number of aliphatic hydroxyl groups excluding tert-OH is 2. The highest BCUT2D eigenvalue weighted by Crippen LogP contribution is 2.27. The van der Waals surface area contributed by atoms with Crippen LogP contribution >= 0.6 is 0 Å². The Bertz CT molecular complexity index is 630. The Labute approximate surface area is 158 Å². The van der Waals surface area contributed by atoms with E-state index in [-0.39, 0.29) is 37.4 Å². The first-order chi connectivity index (χ1) is 13.0. The minimum atomic E-state index is -0.684. The smallest absolute Gasteiger partial charge is 0.227 e. The van der Waals surface area contributed by atoms with E-state index in [1.54, 1.807) is 4.90 Å². The zero-order chi connectivity index (χ0) is 19.4. The first kappa shape index (κ1) is 20.2. The van der Waals surface area contributed by atoms with Crippen molar-refractivity contribution in [3.63, 3.8) is 0 Å². The molecule has 2 saturated heterocycles. The topological polar surface area (TPSA) is 64.0 Å². The van der Waals surface area contributed by atoms with Gasteiger partial charge < -0.3 is 20.0 Å². The molecule has 150 valence electrons. The molecular weight excluding hydrogens is 354 g/mol. The minimum absolute atomic E-state index is 0.0220. The number of nitrogens with zero attached hydrogens (tertiary/aromatic N) is 2. The molecule has 5 nitrogen and oxygen atoms in total. The molecule has 0 bridgehead atoms. The van der Waals surface area contributed by atoms with Gasteiger partial charge in [-0.15, -0.1) is 0 Å². The third-order valence-corrected chi connectivity index (χ3v) is 5.90. The van der Waals surface area contributed by atoms with E-state index in [1.807, 2.05) is 0 Å². The van der Waals surface area contributed by atoms with Crippen molar-refractivity contribution in [2.45, 2.75) is 19.3 Å². The highest BCUT2D eigenvalue weighted by atomic mass is 19.1. The van der Waals surface area contributed by atoms with E-state index < -0.39 is 11.6 Å². The molecule has 0 aromatic heterocycles. The van der Waals surface area contributed by atoms with Crippen LogP contribution in [0.4, 0.5) is 8.78 Å². The zero-order valence-corrected chi connectivity index (χ0v) is 15.5. The molecule has 0 saturated carbocycles. The van der Waals surface area contributed by atoms with Crippen LogP contribution in [0.2, 0.25) is 0 Å². The number of halogens is 2. The minimum Gasteiger partial charge on any atom is -0.396 e. The lowest BCUT2D eigenvalue weighted by Gasteiger charge is -2.33. The molecule has 1 aromatic rings. The van der Waals surface area contributed by atoms with Crippen LogP contribution in [0.3, 0.4) is 0 Å². The summed E-state index contributed by atoms with van der Waals surface area (Å²) in [5.74, 6) is -0.945. The lowest BCUT2D eigenvalue weighted by atomic mass is 9.93. The van der Waals surface area contributed by atoms with Gasteiger partial charge in [-0.25, -0.2) is 8.78 Å². The van der Waals surface area contributed by atoms with Gasteiger partial charge in [-0.3, -0.25) is 4.79 Å². The molecule has 2 heterocycles. The van der Waals surface area contributed by atoms with E-state index in [4.69, 9.17) is 0 Å². The summed E-state index contributed by atoms with van der Waals surface area (Å²) in [5.41, 5.74) is 0.326. The van der Waals surface area contributed by atoms with E-state index in [2.05, 4.69) is 4.90 Å². The molecular formula is C20H28F2N2O3. The van der Waals surface area contributed by atoms with Gasteiger partial charge in [0.25, 0.3) is 0 Å². The number of benzene rings is 1. The summed E-state index contributed by atoms with van der Waals surface area (Å²) < 4.78 is 26.7. The van der Waals surface area contributed by atoms with Crippen molar-refractivity contribution in [2.24, 2.45) is 17.8 Å². The third kappa shape index (κ3) is 5.24. The maximum absolute atomic E-state index is 13.3. The largest absolute Gasteiger partial charge is 0.396 e. The van der Waals surface area contributed by atoms with E-state index in [0.717, 1.165) is 38.5 Å². The second kappa shape index (κ2) is 9.08. The van der Waals surface area contributed by atoms with Crippen molar-refractivity contribution >= 4 is 5.91 Å². The van der Waals surface area contributed by atoms with Crippen LogP contribution in [0.25, 0.3) is 0 Å². The normalized spacial score (nSPS) is 24.5. The molecule has 2 aliphatic rings. The highest BCUT2D eigenvalue weighted by molar-refractivity contribution is 5.79. The number of hydrogen-bond acceptors (Lipinski definition) is 4. The summed E-state index contributed by atoms with van der Waals surface area (Å²) >= 11 is 0. The number of piperidine rings is 1. The van der Waals surface area contributed by atoms with Gasteiger partial charge in [-0.05, 0) is 55.5 Å². The fourth-order valence-electron chi connectivity index (χ4n) is 4.24. The maximum Gasteiger partial charge on any atom is 0.227 e. The summed E-state index contributed by atoms with van der Waals surface area (Å²) in [6, 6.07) is 3.16. The van der Waals surface area contributed by atoms with Gasteiger partial charge in [0.1, 0.15) is 11.6 Å². The second-order valence-corrected chi connectivity index (χ2v) is 7.88. The zero-order valence-electron chi connectivity index (χ0n) is 15.5. The average molecular weight is 382 g/mol. The van der Waals surface area contributed by atoms with Gasteiger partial charge in [0.15, 0.2) is 0 Å². The lowest BCUT2D eigenvalue weighted by Crippen LogP contribution is -2.40. The van der Waals surface area contributed by atoms with E-state index in [9.17, 15) is 23.8 Å². The number of rotatable bonds is 6. The molecule has 0 aliphatic carbocycles. The SMILES string of the molecule is O=C(Cc1cc(F)cc(F)c1)N1C[C@@H](CO)[C@@H](CN2CCC(CO)CC2)C1. The molecule has 0 unspecified atom stereocenters. The standard InChI is InChI=1S/C20H28F2N2O3/c21-18-5-15(6-19(22)8-18)7-20(27)24-10-16(17(11-24)13-26)9-23-3-1-14(12-25)2-4-23/h5-6,8,14,16-17,25-26H,1-4,7,9-13H2/t16-,17-/m0/s1. The quantitative estimate of drug-likeness (QED) is 0.778. The van der Waals surface area contributed by atoms with Crippen LogP contribution in [0.15, 0.2) is 18.2 Å². The summed E-state index contributed by atoms with van der Waals surface area (Å²) in [5, 5.41) is 19.0. The summed E-state index contributed by atoms with van der Waals surface area (Å²) in [6.07, 6.45) is 1.91. The summed E-state index contributed by atoms with van der Waals surface area (Å²) in [4.78, 5) is 16.6. The van der Waals surface area contributed by atoms with Crippen molar-refractivity contribution in [2.75, 3.05) is 45.9 Å². The van der Waals surface area contributed by atoms with Crippen LogP contribution in [0.1, 0.15) is 18.4 Å². The number of amides is 1. The Morgan fingerprint density at radius 1 is 1.00 bits per heavy atom. The van der Waals surface area contributed by atoms with Gasteiger partial charge in [-0.2, -0.15) is 0 Å². The Hall–Kier alpha value is -1.57. The molecule has 2 fully saturated rings. The molecule has 3 rings (SSSR count).